The minimum Gasteiger partial charge on any atom is -0.504 e. The van der Waals surface area contributed by atoms with Crippen LogP contribution < -0.4 is 14.8 Å². The zero-order chi connectivity index (χ0) is 18.7. The van der Waals surface area contributed by atoms with Crippen LogP contribution in [0.5, 0.6) is 17.2 Å². The van der Waals surface area contributed by atoms with Crippen LogP contribution in [0.2, 0.25) is 0 Å². The molecule has 3 rings (SSSR count). The highest BCUT2D eigenvalue weighted by Crippen LogP contribution is 2.34. The summed E-state index contributed by atoms with van der Waals surface area (Å²) >= 11 is 0. The number of aromatic hydroxyl groups is 1. The van der Waals surface area contributed by atoms with Gasteiger partial charge in [0.2, 0.25) is 0 Å². The maximum atomic E-state index is 11.2. The number of esters is 1. The van der Waals surface area contributed by atoms with Crippen molar-refractivity contribution in [3.05, 3.63) is 42.2 Å². The van der Waals surface area contributed by atoms with Crippen molar-refractivity contribution in [3.63, 3.8) is 0 Å². The molecule has 0 unspecified atom stereocenters. The van der Waals surface area contributed by atoms with Gasteiger partial charge in [0.1, 0.15) is 17.9 Å². The van der Waals surface area contributed by atoms with Crippen molar-refractivity contribution in [1.29, 1.82) is 0 Å². The number of fused-ring (bicyclic) bond motifs is 1. The molecule has 1 heterocycles. The topological polar surface area (TPSA) is 93.6 Å². The van der Waals surface area contributed by atoms with Gasteiger partial charge in [-0.05, 0) is 31.5 Å². The Bertz CT molecular complexity index is 972. The van der Waals surface area contributed by atoms with Crippen LogP contribution in [0, 0.1) is 6.92 Å². The molecule has 7 heteroatoms. The molecule has 0 fully saturated rings. The van der Waals surface area contributed by atoms with Crippen LogP contribution in [0.3, 0.4) is 0 Å². The first kappa shape index (κ1) is 17.5. The first-order valence-corrected chi connectivity index (χ1v) is 8.14. The molecule has 26 heavy (non-hydrogen) atoms. The monoisotopic (exact) mass is 353 g/mol. The second kappa shape index (κ2) is 7.26. The third kappa shape index (κ3) is 3.66. The molecule has 1 aromatic heterocycles. The lowest BCUT2D eigenvalue weighted by Gasteiger charge is -2.13. The van der Waals surface area contributed by atoms with E-state index < -0.39 is 0 Å². The number of anilines is 2. The number of carbonyl (C=O) groups excluding carboxylic acids is 1. The number of nitrogens with zero attached hydrogens (tertiary/aromatic N) is 2. The summed E-state index contributed by atoms with van der Waals surface area (Å²) in [7, 11) is 0. The molecule has 2 N–H and O–H groups in total. The van der Waals surface area contributed by atoms with Crippen molar-refractivity contribution in [2.24, 2.45) is 0 Å². The van der Waals surface area contributed by atoms with E-state index >= 15 is 0 Å². The van der Waals surface area contributed by atoms with Gasteiger partial charge in [0.05, 0.1) is 12.1 Å². The molecule has 0 atom stereocenters. The predicted octanol–water partition coefficient (Wildman–Crippen LogP) is 3.71. The van der Waals surface area contributed by atoms with Gasteiger partial charge in [-0.3, -0.25) is 4.79 Å². The Morgan fingerprint density at radius 1 is 1.19 bits per heavy atom. The molecule has 7 nitrogen and oxygen atoms in total. The molecule has 0 bridgehead atoms. The van der Waals surface area contributed by atoms with E-state index in [2.05, 4.69) is 15.3 Å². The van der Waals surface area contributed by atoms with Crippen LogP contribution in [0.4, 0.5) is 11.5 Å². The smallest absolute Gasteiger partial charge is 0.308 e. The van der Waals surface area contributed by atoms with Crippen LogP contribution in [0.15, 0.2) is 36.7 Å². The standard InChI is InChI=1S/C19H19N3O4/c1-4-25-18-8-14-15(9-16(18)24)20-10-21-19(14)22-13-6-5-11(2)17(7-13)26-12(3)23/h5-10,24H,4H2,1-3H3,(H,20,21,22). The van der Waals surface area contributed by atoms with Crippen molar-refractivity contribution in [2.45, 2.75) is 20.8 Å². The van der Waals surface area contributed by atoms with Crippen molar-refractivity contribution >= 4 is 28.4 Å². The third-order valence-corrected chi connectivity index (χ3v) is 3.72. The van der Waals surface area contributed by atoms with E-state index in [9.17, 15) is 9.90 Å². The van der Waals surface area contributed by atoms with E-state index in [-0.39, 0.29) is 11.7 Å². The normalized spacial score (nSPS) is 10.6. The Morgan fingerprint density at radius 2 is 2.00 bits per heavy atom. The number of nitrogens with one attached hydrogen (secondary N) is 1. The summed E-state index contributed by atoms with van der Waals surface area (Å²) in [6.07, 6.45) is 1.41. The Kier molecular flexibility index (Phi) is 4.88. The number of hydrogen-bond donors (Lipinski definition) is 2. The number of aryl methyl sites for hydroxylation is 1. The average Bonchev–Trinajstić information content (AvgIpc) is 2.59. The Hall–Kier alpha value is -3.35. The van der Waals surface area contributed by atoms with E-state index in [0.717, 1.165) is 5.56 Å². The maximum Gasteiger partial charge on any atom is 0.308 e. The Balaban J connectivity index is 2.01. The molecule has 0 aliphatic carbocycles. The SMILES string of the molecule is CCOc1cc2c(Nc3ccc(C)c(OC(C)=O)c3)ncnc2cc1O. The zero-order valence-electron chi connectivity index (χ0n) is 14.7. The van der Waals surface area contributed by atoms with Crippen LogP contribution >= 0.6 is 0 Å². The van der Waals surface area contributed by atoms with E-state index in [1.807, 2.05) is 26.0 Å². The van der Waals surface area contributed by atoms with E-state index in [4.69, 9.17) is 9.47 Å². The first-order chi connectivity index (χ1) is 12.5. The number of phenolic OH excluding ortho intramolecular Hbond substituents is 1. The highest BCUT2D eigenvalue weighted by molar-refractivity contribution is 5.93. The van der Waals surface area contributed by atoms with Gasteiger partial charge in [0, 0.05) is 30.1 Å². The maximum absolute atomic E-state index is 11.2. The van der Waals surface area contributed by atoms with Gasteiger partial charge in [-0.15, -0.1) is 0 Å². The van der Waals surface area contributed by atoms with Gasteiger partial charge in [0.15, 0.2) is 11.5 Å². The average molecular weight is 353 g/mol. The molecular weight excluding hydrogens is 334 g/mol. The van der Waals surface area contributed by atoms with Crippen molar-refractivity contribution in [2.75, 3.05) is 11.9 Å². The highest BCUT2D eigenvalue weighted by atomic mass is 16.5. The van der Waals surface area contributed by atoms with E-state index in [0.29, 0.717) is 40.5 Å². The summed E-state index contributed by atoms with van der Waals surface area (Å²) in [4.78, 5) is 19.7. The molecular formula is C19H19N3O4. The number of rotatable bonds is 5. The summed E-state index contributed by atoms with van der Waals surface area (Å²) in [5.74, 6) is 1.04. The lowest BCUT2D eigenvalue weighted by Crippen LogP contribution is -2.03. The van der Waals surface area contributed by atoms with Crippen LogP contribution in [0.25, 0.3) is 10.9 Å². The van der Waals surface area contributed by atoms with Gasteiger partial charge in [-0.2, -0.15) is 0 Å². The minimum absolute atomic E-state index is 0.0245. The minimum atomic E-state index is -0.380. The summed E-state index contributed by atoms with van der Waals surface area (Å²) < 4.78 is 10.7. The number of hydrogen-bond acceptors (Lipinski definition) is 7. The Labute approximate surface area is 150 Å². The largest absolute Gasteiger partial charge is 0.504 e. The molecule has 0 amide bonds. The molecule has 0 saturated heterocycles. The van der Waals surface area contributed by atoms with Gasteiger partial charge in [-0.1, -0.05) is 6.07 Å². The number of phenols is 1. The first-order valence-electron chi connectivity index (χ1n) is 8.14. The molecule has 0 aliphatic rings. The lowest BCUT2D eigenvalue weighted by atomic mass is 10.2. The molecule has 2 aromatic carbocycles. The van der Waals surface area contributed by atoms with Gasteiger partial charge >= 0.3 is 5.97 Å². The molecule has 0 spiro atoms. The van der Waals surface area contributed by atoms with E-state index in [1.165, 1.54) is 19.3 Å². The molecule has 134 valence electrons. The lowest BCUT2D eigenvalue weighted by molar-refractivity contribution is -0.131. The number of benzene rings is 2. The molecule has 0 radical (unpaired) electrons. The van der Waals surface area contributed by atoms with Crippen molar-refractivity contribution in [1.82, 2.24) is 9.97 Å². The quantitative estimate of drug-likeness (QED) is 0.533. The zero-order valence-corrected chi connectivity index (χ0v) is 14.7. The third-order valence-electron chi connectivity index (χ3n) is 3.72. The highest BCUT2D eigenvalue weighted by Gasteiger charge is 2.11. The summed E-state index contributed by atoms with van der Waals surface area (Å²) in [5, 5.41) is 13.9. The van der Waals surface area contributed by atoms with Gasteiger partial charge < -0.3 is 19.9 Å². The fourth-order valence-electron chi connectivity index (χ4n) is 2.52. The summed E-state index contributed by atoms with van der Waals surface area (Å²) in [6.45, 7) is 5.49. The van der Waals surface area contributed by atoms with Crippen LogP contribution in [0.1, 0.15) is 19.4 Å². The van der Waals surface area contributed by atoms with Crippen molar-refractivity contribution < 1.29 is 19.4 Å². The summed E-state index contributed by atoms with van der Waals surface area (Å²) in [6, 6.07) is 8.67. The fourth-order valence-corrected chi connectivity index (χ4v) is 2.52. The Morgan fingerprint density at radius 3 is 2.73 bits per heavy atom. The second-order valence-electron chi connectivity index (χ2n) is 5.69. The van der Waals surface area contributed by atoms with Crippen LogP contribution in [-0.4, -0.2) is 27.7 Å². The van der Waals surface area contributed by atoms with Crippen LogP contribution in [-0.2, 0) is 4.79 Å². The summed E-state index contributed by atoms with van der Waals surface area (Å²) in [5.41, 5.74) is 2.13. The van der Waals surface area contributed by atoms with Crippen molar-refractivity contribution in [3.8, 4) is 17.2 Å². The number of carbonyl (C=O) groups is 1. The van der Waals surface area contributed by atoms with Gasteiger partial charge in [0.25, 0.3) is 0 Å². The molecule has 0 aliphatic heterocycles. The second-order valence-corrected chi connectivity index (χ2v) is 5.69. The van der Waals surface area contributed by atoms with E-state index in [1.54, 1.807) is 12.1 Å². The molecule has 0 saturated carbocycles. The number of aromatic nitrogens is 2. The molecule has 3 aromatic rings. The fraction of sp³-hybridized carbons (Fsp3) is 0.211. The number of ether oxygens (including phenoxy) is 2. The predicted molar refractivity (Wildman–Crippen MR) is 98.1 cm³/mol. The van der Waals surface area contributed by atoms with Gasteiger partial charge in [-0.25, -0.2) is 9.97 Å².